The Bertz CT molecular complexity index is 889. The number of aromatic nitrogens is 1. The molecular weight excluding hydrogens is 346 g/mol. The van der Waals surface area contributed by atoms with Gasteiger partial charge in [0.05, 0.1) is 16.5 Å². The molecule has 1 aliphatic heterocycles. The molecule has 1 unspecified atom stereocenters. The normalized spacial score (nSPS) is 19.5. The standard InChI is InChI=1S/C16H21N3O3S2/c1-10-7-8-13-14(11(10)2)17-16(23-13)18-15(20)12-6-4-5-9-19(12)24(3,21)22/h7-8,12H,4-6,9H2,1-3H3,(H,17,18,20). The Morgan fingerprint density at radius 3 is 2.79 bits per heavy atom. The number of piperidine rings is 1. The molecule has 0 radical (unpaired) electrons. The molecule has 1 atom stereocenters. The average molecular weight is 367 g/mol. The Labute approximate surface area is 145 Å². The van der Waals surface area contributed by atoms with Crippen LogP contribution >= 0.6 is 11.3 Å². The summed E-state index contributed by atoms with van der Waals surface area (Å²) in [7, 11) is -3.39. The molecule has 0 bridgehead atoms. The third-order valence-electron chi connectivity index (χ3n) is 4.50. The Kier molecular flexibility index (Phi) is 4.63. The minimum absolute atomic E-state index is 0.298. The number of nitrogens with zero attached hydrogens (tertiary/aromatic N) is 2. The molecule has 3 rings (SSSR count). The van der Waals surface area contributed by atoms with Crippen LogP contribution in [0.1, 0.15) is 30.4 Å². The summed E-state index contributed by atoms with van der Waals surface area (Å²) in [6.45, 7) is 4.43. The van der Waals surface area contributed by atoms with Gasteiger partial charge in [0.1, 0.15) is 6.04 Å². The third kappa shape index (κ3) is 3.31. The van der Waals surface area contributed by atoms with Crippen LogP contribution in [0.25, 0.3) is 10.2 Å². The molecule has 0 spiro atoms. The molecular formula is C16H21N3O3S2. The van der Waals surface area contributed by atoms with E-state index in [0.29, 0.717) is 18.1 Å². The predicted octanol–water partition coefficient (Wildman–Crippen LogP) is 2.67. The summed E-state index contributed by atoms with van der Waals surface area (Å²) in [6, 6.07) is 3.38. The molecule has 1 aromatic carbocycles. The average Bonchev–Trinajstić information content (AvgIpc) is 2.93. The van der Waals surface area contributed by atoms with Crippen LogP contribution in [0, 0.1) is 13.8 Å². The highest BCUT2D eigenvalue weighted by Crippen LogP contribution is 2.30. The summed E-state index contributed by atoms with van der Waals surface area (Å²) < 4.78 is 26.1. The predicted molar refractivity (Wildman–Crippen MR) is 96.9 cm³/mol. The molecule has 1 fully saturated rings. The van der Waals surface area contributed by atoms with Crippen LogP contribution in [0.4, 0.5) is 5.13 Å². The van der Waals surface area contributed by atoms with Crippen molar-refractivity contribution in [3.8, 4) is 0 Å². The van der Waals surface area contributed by atoms with E-state index in [2.05, 4.69) is 10.3 Å². The van der Waals surface area contributed by atoms with Crippen molar-refractivity contribution in [1.82, 2.24) is 9.29 Å². The highest BCUT2D eigenvalue weighted by Gasteiger charge is 2.34. The highest BCUT2D eigenvalue weighted by atomic mass is 32.2. The number of thiazole rings is 1. The number of sulfonamides is 1. The molecule has 1 N–H and O–H groups in total. The lowest BCUT2D eigenvalue weighted by atomic mass is 10.0. The molecule has 0 saturated carbocycles. The Balaban J connectivity index is 1.85. The number of carbonyl (C=O) groups excluding carboxylic acids is 1. The van der Waals surface area contributed by atoms with Gasteiger partial charge in [0.15, 0.2) is 5.13 Å². The fourth-order valence-corrected chi connectivity index (χ4v) is 5.08. The third-order valence-corrected chi connectivity index (χ3v) is 6.72. The van der Waals surface area contributed by atoms with Gasteiger partial charge in [-0.1, -0.05) is 23.8 Å². The summed E-state index contributed by atoms with van der Waals surface area (Å²) in [5.41, 5.74) is 3.14. The van der Waals surface area contributed by atoms with Gasteiger partial charge in [-0.15, -0.1) is 0 Å². The van der Waals surface area contributed by atoms with E-state index < -0.39 is 16.1 Å². The lowest BCUT2D eigenvalue weighted by Crippen LogP contribution is -2.49. The molecule has 0 aliphatic carbocycles. The van der Waals surface area contributed by atoms with E-state index >= 15 is 0 Å². The first-order valence-electron chi connectivity index (χ1n) is 7.92. The molecule has 2 heterocycles. The number of amides is 1. The summed E-state index contributed by atoms with van der Waals surface area (Å²) >= 11 is 1.41. The van der Waals surface area contributed by atoms with Crippen molar-refractivity contribution < 1.29 is 13.2 Å². The molecule has 1 aromatic heterocycles. The van der Waals surface area contributed by atoms with Gasteiger partial charge in [-0.25, -0.2) is 13.4 Å². The molecule has 1 aliphatic rings. The van der Waals surface area contributed by atoms with Crippen molar-refractivity contribution in [2.45, 2.75) is 39.2 Å². The minimum atomic E-state index is -3.39. The maximum atomic E-state index is 12.6. The fraction of sp³-hybridized carbons (Fsp3) is 0.500. The van der Waals surface area contributed by atoms with Gasteiger partial charge in [-0.2, -0.15) is 4.31 Å². The van der Waals surface area contributed by atoms with Gasteiger partial charge < -0.3 is 5.32 Å². The van der Waals surface area contributed by atoms with Gasteiger partial charge in [-0.05, 0) is 43.9 Å². The minimum Gasteiger partial charge on any atom is -0.301 e. The highest BCUT2D eigenvalue weighted by molar-refractivity contribution is 7.88. The lowest BCUT2D eigenvalue weighted by Gasteiger charge is -2.32. The second kappa shape index (κ2) is 6.42. The van der Waals surface area contributed by atoms with Crippen LogP contribution in [0.3, 0.4) is 0 Å². The number of aryl methyl sites for hydroxylation is 2. The van der Waals surface area contributed by atoms with E-state index in [1.54, 1.807) is 0 Å². The number of hydrogen-bond acceptors (Lipinski definition) is 5. The van der Waals surface area contributed by atoms with Crippen molar-refractivity contribution in [1.29, 1.82) is 0 Å². The van der Waals surface area contributed by atoms with E-state index in [1.807, 2.05) is 26.0 Å². The first-order chi connectivity index (χ1) is 11.3. The SMILES string of the molecule is Cc1ccc2sc(NC(=O)C3CCCCN3S(C)(=O)=O)nc2c1C. The van der Waals surface area contributed by atoms with Gasteiger partial charge in [0, 0.05) is 6.54 Å². The van der Waals surface area contributed by atoms with E-state index in [-0.39, 0.29) is 5.91 Å². The lowest BCUT2D eigenvalue weighted by molar-refractivity contribution is -0.120. The second-order valence-electron chi connectivity index (χ2n) is 6.25. The Morgan fingerprint density at radius 1 is 1.33 bits per heavy atom. The molecule has 130 valence electrons. The maximum Gasteiger partial charge on any atom is 0.244 e. The molecule has 2 aromatic rings. The van der Waals surface area contributed by atoms with Gasteiger partial charge in [-0.3, -0.25) is 4.79 Å². The van der Waals surface area contributed by atoms with Crippen molar-refractivity contribution in [3.05, 3.63) is 23.3 Å². The fourth-order valence-electron chi connectivity index (χ4n) is 3.03. The molecule has 8 heteroatoms. The van der Waals surface area contributed by atoms with Crippen LogP contribution in [-0.4, -0.2) is 42.5 Å². The van der Waals surface area contributed by atoms with E-state index in [4.69, 9.17) is 0 Å². The quantitative estimate of drug-likeness (QED) is 0.904. The van der Waals surface area contributed by atoms with Crippen molar-refractivity contribution in [2.24, 2.45) is 0 Å². The summed E-state index contributed by atoms with van der Waals surface area (Å²) in [4.78, 5) is 17.1. The Morgan fingerprint density at radius 2 is 2.08 bits per heavy atom. The first kappa shape index (κ1) is 17.3. The smallest absolute Gasteiger partial charge is 0.244 e. The largest absolute Gasteiger partial charge is 0.301 e. The zero-order chi connectivity index (χ0) is 17.5. The van der Waals surface area contributed by atoms with Gasteiger partial charge in [0.2, 0.25) is 15.9 Å². The Hall–Kier alpha value is -1.51. The number of fused-ring (bicyclic) bond motifs is 1. The van der Waals surface area contributed by atoms with Crippen LogP contribution in [0.2, 0.25) is 0 Å². The second-order valence-corrected chi connectivity index (χ2v) is 9.21. The zero-order valence-corrected chi connectivity index (χ0v) is 15.6. The van der Waals surface area contributed by atoms with Gasteiger partial charge in [0.25, 0.3) is 0 Å². The monoisotopic (exact) mass is 367 g/mol. The summed E-state index contributed by atoms with van der Waals surface area (Å²) in [6.07, 6.45) is 3.34. The number of nitrogens with one attached hydrogen (secondary N) is 1. The van der Waals surface area contributed by atoms with Crippen LogP contribution in [0.5, 0.6) is 0 Å². The van der Waals surface area contributed by atoms with E-state index in [0.717, 1.165) is 40.4 Å². The number of hydrogen-bond donors (Lipinski definition) is 1. The molecule has 1 saturated heterocycles. The van der Waals surface area contributed by atoms with Crippen molar-refractivity contribution >= 4 is 42.6 Å². The molecule has 24 heavy (non-hydrogen) atoms. The topological polar surface area (TPSA) is 79.4 Å². The van der Waals surface area contributed by atoms with E-state index in [9.17, 15) is 13.2 Å². The number of carbonyl (C=O) groups is 1. The first-order valence-corrected chi connectivity index (χ1v) is 10.6. The molecule has 6 nitrogen and oxygen atoms in total. The summed E-state index contributed by atoms with van der Waals surface area (Å²) in [5, 5.41) is 3.33. The number of rotatable bonds is 3. The molecule has 1 amide bonds. The van der Waals surface area contributed by atoms with Crippen LogP contribution in [-0.2, 0) is 14.8 Å². The summed E-state index contributed by atoms with van der Waals surface area (Å²) in [5.74, 6) is -0.298. The van der Waals surface area contributed by atoms with Crippen molar-refractivity contribution in [2.75, 3.05) is 18.1 Å². The number of benzene rings is 1. The zero-order valence-electron chi connectivity index (χ0n) is 14.0. The number of anilines is 1. The van der Waals surface area contributed by atoms with Crippen LogP contribution in [0.15, 0.2) is 12.1 Å². The van der Waals surface area contributed by atoms with Crippen LogP contribution < -0.4 is 5.32 Å². The van der Waals surface area contributed by atoms with E-state index in [1.165, 1.54) is 15.6 Å². The maximum absolute atomic E-state index is 12.6. The van der Waals surface area contributed by atoms with Gasteiger partial charge >= 0.3 is 0 Å². The van der Waals surface area contributed by atoms with Crippen molar-refractivity contribution in [3.63, 3.8) is 0 Å².